The molecule has 2 aliphatic rings. The van der Waals surface area contributed by atoms with Crippen molar-refractivity contribution in [1.29, 1.82) is 0 Å². The number of likely N-dealkylation sites (tertiary alicyclic amines) is 1. The van der Waals surface area contributed by atoms with Gasteiger partial charge in [-0.25, -0.2) is 0 Å². The maximum absolute atomic E-state index is 6.15. The maximum Gasteiger partial charge on any atom is 0.142 e. The van der Waals surface area contributed by atoms with E-state index in [1.807, 2.05) is 18.2 Å². The van der Waals surface area contributed by atoms with Crippen LogP contribution in [0.4, 0.5) is 5.69 Å². The summed E-state index contributed by atoms with van der Waals surface area (Å²) in [5.74, 6) is 1.65. The minimum atomic E-state index is 0.666. The van der Waals surface area contributed by atoms with Gasteiger partial charge >= 0.3 is 0 Å². The molecule has 0 spiro atoms. The number of rotatable bonds is 10. The fraction of sp³-hybridized carbons (Fsp3) is 0.533. The van der Waals surface area contributed by atoms with Crippen LogP contribution >= 0.6 is 11.6 Å². The van der Waals surface area contributed by atoms with Crippen molar-refractivity contribution in [3.63, 3.8) is 0 Å². The zero-order valence-electron chi connectivity index (χ0n) is 21.7. The molecule has 0 radical (unpaired) electrons. The second-order valence-electron chi connectivity index (χ2n) is 10.5. The molecule has 0 unspecified atom stereocenters. The first kappa shape index (κ1) is 25.4. The summed E-state index contributed by atoms with van der Waals surface area (Å²) in [7, 11) is 1.76. The Morgan fingerprint density at radius 2 is 1.56 bits per heavy atom. The van der Waals surface area contributed by atoms with Crippen LogP contribution in [-0.4, -0.2) is 74.3 Å². The van der Waals surface area contributed by atoms with Crippen molar-refractivity contribution in [3.05, 3.63) is 59.2 Å². The number of H-pyrrole nitrogens is 1. The Labute approximate surface area is 221 Å². The third-order valence-electron chi connectivity index (χ3n) is 8.20. The average molecular weight is 509 g/mol. The molecule has 5 rings (SSSR count). The van der Waals surface area contributed by atoms with Crippen LogP contribution in [0.2, 0.25) is 5.02 Å². The molecule has 2 fully saturated rings. The van der Waals surface area contributed by atoms with E-state index in [9.17, 15) is 0 Å². The molecular formula is C30H41ClN4O. The average Bonchev–Trinajstić information content (AvgIpc) is 3.34. The normalized spacial score (nSPS) is 18.2. The van der Waals surface area contributed by atoms with E-state index in [2.05, 4.69) is 50.1 Å². The number of fused-ring (bicyclic) bond motifs is 1. The van der Waals surface area contributed by atoms with E-state index in [0.29, 0.717) is 5.92 Å². The number of anilines is 1. The van der Waals surface area contributed by atoms with Gasteiger partial charge in [-0.3, -0.25) is 4.90 Å². The molecule has 2 aliphatic heterocycles. The highest BCUT2D eigenvalue weighted by Crippen LogP contribution is 2.34. The molecule has 3 heterocycles. The predicted molar refractivity (Wildman–Crippen MR) is 152 cm³/mol. The number of hydrogen-bond acceptors (Lipinski definition) is 4. The number of halogens is 1. The van der Waals surface area contributed by atoms with Gasteiger partial charge in [0, 0.05) is 48.3 Å². The minimum Gasteiger partial charge on any atom is -0.495 e. The van der Waals surface area contributed by atoms with Crippen LogP contribution in [0.1, 0.15) is 50.0 Å². The van der Waals surface area contributed by atoms with E-state index < -0.39 is 0 Å². The van der Waals surface area contributed by atoms with E-state index in [1.54, 1.807) is 7.11 Å². The molecular weight excluding hydrogens is 468 g/mol. The van der Waals surface area contributed by atoms with Crippen LogP contribution in [0.5, 0.6) is 5.75 Å². The largest absolute Gasteiger partial charge is 0.495 e. The molecule has 0 amide bonds. The van der Waals surface area contributed by atoms with Gasteiger partial charge in [-0.1, -0.05) is 42.6 Å². The molecule has 2 aromatic carbocycles. The molecule has 0 bridgehead atoms. The second-order valence-corrected chi connectivity index (χ2v) is 10.9. The Bertz CT molecular complexity index is 1100. The van der Waals surface area contributed by atoms with Crippen molar-refractivity contribution in [2.75, 3.05) is 64.4 Å². The number of hydrogen-bond donors (Lipinski definition) is 1. The smallest absolute Gasteiger partial charge is 0.142 e. The van der Waals surface area contributed by atoms with Gasteiger partial charge in [0.2, 0.25) is 0 Å². The third kappa shape index (κ3) is 6.19. The Morgan fingerprint density at radius 3 is 2.28 bits per heavy atom. The second kappa shape index (κ2) is 12.4. The SMILES string of the molecule is COc1ccccc1N1CCN(CCCCCCN2CCC(c3c[nH]c4cc(Cl)ccc34)CC2)CC1. The number of ether oxygens (including phenoxy) is 1. The summed E-state index contributed by atoms with van der Waals surface area (Å²) >= 11 is 6.15. The quantitative estimate of drug-likeness (QED) is 0.322. The van der Waals surface area contributed by atoms with Crippen LogP contribution in [0.25, 0.3) is 10.9 Å². The van der Waals surface area contributed by atoms with Crippen molar-refractivity contribution in [2.24, 2.45) is 0 Å². The number of para-hydroxylation sites is 2. The van der Waals surface area contributed by atoms with Crippen LogP contribution in [0.15, 0.2) is 48.7 Å². The number of aromatic nitrogens is 1. The van der Waals surface area contributed by atoms with Gasteiger partial charge in [0.05, 0.1) is 12.8 Å². The highest BCUT2D eigenvalue weighted by atomic mass is 35.5. The fourth-order valence-corrected chi connectivity index (χ4v) is 6.23. The monoisotopic (exact) mass is 508 g/mol. The summed E-state index contributed by atoms with van der Waals surface area (Å²) in [5.41, 5.74) is 3.87. The van der Waals surface area contributed by atoms with Crippen molar-refractivity contribution in [2.45, 2.75) is 44.4 Å². The van der Waals surface area contributed by atoms with Crippen molar-refractivity contribution >= 4 is 28.2 Å². The molecule has 1 aromatic heterocycles. The number of nitrogens with zero attached hydrogens (tertiary/aromatic N) is 3. The first-order valence-electron chi connectivity index (χ1n) is 13.8. The Morgan fingerprint density at radius 1 is 0.861 bits per heavy atom. The zero-order valence-corrected chi connectivity index (χ0v) is 22.5. The molecule has 3 aromatic rings. The van der Waals surface area contributed by atoms with Crippen molar-refractivity contribution < 1.29 is 4.74 Å². The zero-order chi connectivity index (χ0) is 24.7. The number of piperazine rings is 1. The molecule has 0 saturated carbocycles. The third-order valence-corrected chi connectivity index (χ3v) is 8.44. The minimum absolute atomic E-state index is 0.666. The Hall–Kier alpha value is -2.21. The van der Waals surface area contributed by atoms with Gasteiger partial charge in [-0.15, -0.1) is 0 Å². The van der Waals surface area contributed by atoms with E-state index in [0.717, 1.165) is 37.0 Å². The number of nitrogens with one attached hydrogen (secondary N) is 1. The lowest BCUT2D eigenvalue weighted by molar-refractivity contribution is 0.207. The number of unbranched alkanes of at least 4 members (excludes halogenated alkanes) is 3. The summed E-state index contributed by atoms with van der Waals surface area (Å²) in [6, 6.07) is 14.6. The van der Waals surface area contributed by atoms with Crippen molar-refractivity contribution in [1.82, 2.24) is 14.8 Å². The Kier molecular flexibility index (Phi) is 8.73. The van der Waals surface area contributed by atoms with E-state index in [-0.39, 0.29) is 0 Å². The summed E-state index contributed by atoms with van der Waals surface area (Å²) < 4.78 is 5.55. The number of benzene rings is 2. The number of methoxy groups -OCH3 is 1. The lowest BCUT2D eigenvalue weighted by Gasteiger charge is -2.36. The van der Waals surface area contributed by atoms with Crippen LogP contribution < -0.4 is 9.64 Å². The van der Waals surface area contributed by atoms with Gasteiger partial charge in [0.1, 0.15) is 5.75 Å². The first-order valence-corrected chi connectivity index (χ1v) is 14.2. The van der Waals surface area contributed by atoms with Crippen LogP contribution in [0, 0.1) is 0 Å². The standard InChI is InChI=1S/C30H41ClN4O/c1-36-30-9-5-4-8-29(30)35-20-18-34(19-21-35)15-7-3-2-6-14-33-16-12-24(13-17-33)27-23-32-28-22-25(31)10-11-26(27)28/h4-5,8-11,22-24,32H,2-3,6-7,12-21H2,1H3. The molecule has 2 saturated heterocycles. The van der Waals surface area contributed by atoms with Crippen LogP contribution in [0.3, 0.4) is 0 Å². The summed E-state index contributed by atoms with van der Waals surface area (Å²) in [5, 5.41) is 2.15. The van der Waals surface area contributed by atoms with Gasteiger partial charge in [0.15, 0.2) is 0 Å². The molecule has 0 atom stereocenters. The highest BCUT2D eigenvalue weighted by Gasteiger charge is 2.23. The van der Waals surface area contributed by atoms with Crippen LogP contribution in [-0.2, 0) is 0 Å². The molecule has 0 aliphatic carbocycles. The van der Waals surface area contributed by atoms with Crippen molar-refractivity contribution in [3.8, 4) is 5.75 Å². The predicted octanol–water partition coefficient (Wildman–Crippen LogP) is 6.39. The van der Waals surface area contributed by atoms with Gasteiger partial charge < -0.3 is 19.5 Å². The summed E-state index contributed by atoms with van der Waals surface area (Å²) in [6.45, 7) is 9.41. The summed E-state index contributed by atoms with van der Waals surface area (Å²) in [6.07, 6.45) is 10.1. The van der Waals surface area contributed by atoms with Gasteiger partial charge in [-0.05, 0) is 87.6 Å². The molecule has 36 heavy (non-hydrogen) atoms. The molecule has 1 N–H and O–H groups in total. The molecule has 6 heteroatoms. The number of aromatic amines is 1. The molecule has 194 valence electrons. The first-order chi connectivity index (χ1) is 17.7. The highest BCUT2D eigenvalue weighted by molar-refractivity contribution is 6.31. The van der Waals surface area contributed by atoms with Gasteiger partial charge in [-0.2, -0.15) is 0 Å². The Balaban J connectivity index is 0.942. The maximum atomic E-state index is 6.15. The topological polar surface area (TPSA) is 34.7 Å². The molecule has 5 nitrogen and oxygen atoms in total. The summed E-state index contributed by atoms with van der Waals surface area (Å²) in [4.78, 5) is 11.2. The van der Waals surface area contributed by atoms with E-state index in [1.165, 1.54) is 86.9 Å². The van der Waals surface area contributed by atoms with E-state index >= 15 is 0 Å². The van der Waals surface area contributed by atoms with Gasteiger partial charge in [0.25, 0.3) is 0 Å². The number of piperidine rings is 1. The fourth-order valence-electron chi connectivity index (χ4n) is 6.05. The van der Waals surface area contributed by atoms with E-state index in [4.69, 9.17) is 16.3 Å². The lowest BCUT2D eigenvalue weighted by atomic mass is 9.89. The lowest BCUT2D eigenvalue weighted by Crippen LogP contribution is -2.46.